The molecule has 37 heteroatoms. The fraction of sp³-hybridized carbons (Fsp3) is 0.542. The van der Waals surface area contributed by atoms with Crippen molar-refractivity contribution in [2.24, 2.45) is 0 Å². The van der Waals surface area contributed by atoms with E-state index in [9.17, 15) is 23.9 Å². The number of halogens is 1. The van der Waals surface area contributed by atoms with Crippen LogP contribution in [0.5, 0.6) is 0 Å². The first-order chi connectivity index (χ1) is 46.0. The molecule has 0 spiro atoms. The van der Waals surface area contributed by atoms with E-state index in [-0.39, 0.29) is 64.1 Å². The molecule has 0 aliphatic carbocycles. The van der Waals surface area contributed by atoms with Crippen LogP contribution in [0.1, 0.15) is 74.1 Å². The lowest BCUT2D eigenvalue weighted by Gasteiger charge is -2.25. The standard InChI is InChI=1S/C24H31N4O7P.C18H26ClN4O7P.C17H19N4O7P/c1-5-31-36(29,32-6-2)15-30-12-17-20-21(35-24(3,4)34-20)23(33-17)28-14-27-19-18(25-13-26-22(19)28)16-10-8-7-9-11-16;1-5-26-31(24,27-6-2)10-25-7-11-13-14(30-18(3,4)29-13)17(28-11)23-9-22-12-15(19)20-8-21-16(12)23;22-14-11(6-27-9-29(24,25)26)28-17(15(14)23)21-8-20-13-12(18-7-19-16(13)21)10-4-2-1-3-5-10/h7-11,13-14,17,20-21,23H,5-6,12,15H2,1-4H3;8-9,11,13-14,17H,5-7,10H2,1-4H3;1-5,7-8,11,14-15,17,22-23H,6,9H2,(H2,24,25,26)/t17-,20-,21-,23-;11-,13-,14-,17-;11-,14-,15-,17-/m111/s1. The average Bonchev–Trinajstić information content (AvgIpc) is 1.60. The summed E-state index contributed by atoms with van der Waals surface area (Å²) in [5.41, 5.74) is 6.34. The monoisotopic (exact) mass is 1420 g/mol. The molecule has 0 saturated carbocycles. The number of nitrogens with zero attached hydrogens (tertiary/aromatic N) is 12. The van der Waals surface area contributed by atoms with Crippen LogP contribution in [0.2, 0.25) is 5.15 Å². The molecule has 5 aliphatic heterocycles. The van der Waals surface area contributed by atoms with E-state index >= 15 is 0 Å². The number of imidazole rings is 3. The maximum atomic E-state index is 12.8. The number of benzene rings is 2. The van der Waals surface area contributed by atoms with Crippen LogP contribution in [0.25, 0.3) is 56.0 Å². The topological polar surface area (TPSA) is 392 Å². The Labute approximate surface area is 555 Å². The second-order valence-electron chi connectivity index (χ2n) is 23.2. The van der Waals surface area contributed by atoms with E-state index in [2.05, 4.69) is 44.9 Å². The number of rotatable bonds is 25. The van der Waals surface area contributed by atoms with Gasteiger partial charge in [0.15, 0.2) is 52.4 Å². The van der Waals surface area contributed by atoms with Crippen molar-refractivity contribution in [3.63, 3.8) is 0 Å². The molecule has 96 heavy (non-hydrogen) atoms. The minimum Gasteiger partial charge on any atom is -0.387 e. The van der Waals surface area contributed by atoms with Crippen LogP contribution in [-0.4, -0.2) is 210 Å². The molecule has 5 saturated heterocycles. The van der Waals surface area contributed by atoms with Crippen LogP contribution in [0, 0.1) is 0 Å². The quantitative estimate of drug-likeness (QED) is 0.0317. The van der Waals surface area contributed by atoms with Crippen molar-refractivity contribution in [2.45, 2.75) is 141 Å². The van der Waals surface area contributed by atoms with Gasteiger partial charge in [0.2, 0.25) is 0 Å². The van der Waals surface area contributed by atoms with Gasteiger partial charge in [-0.2, -0.15) is 0 Å². The summed E-state index contributed by atoms with van der Waals surface area (Å²) in [5.74, 6) is -1.60. The first kappa shape index (κ1) is 71.6. The molecular weight excluding hydrogens is 1340 g/mol. The van der Waals surface area contributed by atoms with E-state index in [0.717, 1.165) is 16.8 Å². The van der Waals surface area contributed by atoms with Crippen LogP contribution in [0.4, 0.5) is 0 Å². The number of hydrogen-bond acceptors (Lipinski definition) is 28. The number of aliphatic hydroxyl groups excluding tert-OH is 2. The molecule has 8 aromatic rings. The van der Waals surface area contributed by atoms with E-state index in [0.29, 0.717) is 39.2 Å². The van der Waals surface area contributed by atoms with E-state index in [1.54, 1.807) is 44.9 Å². The van der Waals surface area contributed by atoms with Gasteiger partial charge >= 0.3 is 22.8 Å². The van der Waals surface area contributed by atoms with Crippen molar-refractivity contribution >= 4 is 67.9 Å². The Hall–Kier alpha value is -5.65. The van der Waals surface area contributed by atoms with Crippen molar-refractivity contribution in [3.8, 4) is 22.5 Å². The zero-order chi connectivity index (χ0) is 68.2. The second-order valence-corrected chi connectivity index (χ2v) is 29.1. The van der Waals surface area contributed by atoms with E-state index in [1.165, 1.54) is 29.9 Å². The summed E-state index contributed by atoms with van der Waals surface area (Å²) in [4.78, 5) is 56.7. The molecule has 5 fully saturated rings. The summed E-state index contributed by atoms with van der Waals surface area (Å²) in [7, 11) is -11.0. The van der Waals surface area contributed by atoms with Crippen LogP contribution >= 0.6 is 34.4 Å². The van der Waals surface area contributed by atoms with Crippen LogP contribution < -0.4 is 0 Å². The highest BCUT2D eigenvalue weighted by molar-refractivity contribution is 7.54. The van der Waals surface area contributed by atoms with E-state index in [4.69, 9.17) is 86.9 Å². The number of aromatic nitrogens is 12. The van der Waals surface area contributed by atoms with Crippen molar-refractivity contribution in [1.29, 1.82) is 0 Å². The van der Waals surface area contributed by atoms with Gasteiger partial charge in [0.25, 0.3) is 0 Å². The molecule has 5 aliphatic rings. The van der Waals surface area contributed by atoms with Gasteiger partial charge in [0.1, 0.15) is 121 Å². The molecule has 12 atom stereocenters. The molecule has 11 heterocycles. The first-order valence-electron chi connectivity index (χ1n) is 30.8. The molecule has 520 valence electrons. The third-order valence-corrected chi connectivity index (χ3v) is 19.8. The molecule has 0 bridgehead atoms. The Morgan fingerprint density at radius 1 is 0.469 bits per heavy atom. The summed E-state index contributed by atoms with van der Waals surface area (Å²) in [5, 5.41) is 20.9. The van der Waals surface area contributed by atoms with Gasteiger partial charge in [-0.05, 0) is 55.4 Å². The van der Waals surface area contributed by atoms with Crippen molar-refractivity contribution in [3.05, 3.63) is 104 Å². The maximum absolute atomic E-state index is 12.8. The van der Waals surface area contributed by atoms with E-state index < -0.39 is 114 Å². The van der Waals surface area contributed by atoms with Crippen molar-refractivity contribution < 1.29 is 99.2 Å². The molecule has 4 N–H and O–H groups in total. The Bertz CT molecular complexity index is 4040. The lowest BCUT2D eigenvalue weighted by Crippen LogP contribution is -2.33. The normalized spacial score (nSPS) is 26.1. The average molecular weight is 1420 g/mol. The predicted octanol–water partition coefficient (Wildman–Crippen LogP) is 7.55. The SMILES string of the molecule is CCOP(=O)(COC[C@H]1O[C@@H](n2cnc3c(-c4ccccc4)ncnc32)[C@@H]2OC(C)(C)O[C@@H]21)OCC.CCOP(=O)(COC[C@H]1O[C@@H](n2cnc3c(Cl)ncnc32)[C@@H]2OC(C)(C)O[C@@H]21)OCC.O=P(O)(O)COC[C@H]1O[C@@H](n2cnc3c(-c4ccccc4)ncnc32)[C@H](O)[C@@H]1O. The lowest BCUT2D eigenvalue weighted by atomic mass is 10.1. The molecule has 33 nitrogen and oxygen atoms in total. The number of hydrogen-bond donors (Lipinski definition) is 4. The summed E-state index contributed by atoms with van der Waals surface area (Å²) in [6, 6.07) is 19.3. The fourth-order valence-corrected chi connectivity index (χ4v) is 14.9. The Kier molecular flexibility index (Phi) is 22.7. The summed E-state index contributed by atoms with van der Waals surface area (Å²) < 4.78 is 122. The molecule has 6 aromatic heterocycles. The molecule has 0 amide bonds. The summed E-state index contributed by atoms with van der Waals surface area (Å²) in [6.45, 7) is 15.4. The van der Waals surface area contributed by atoms with Crippen molar-refractivity contribution in [1.82, 2.24) is 58.6 Å². The first-order valence-corrected chi connectivity index (χ1v) is 36.5. The zero-order valence-electron chi connectivity index (χ0n) is 53.6. The van der Waals surface area contributed by atoms with Gasteiger partial charge in [-0.3, -0.25) is 27.4 Å². The molecule has 0 unspecified atom stereocenters. The van der Waals surface area contributed by atoms with Crippen molar-refractivity contribution in [2.75, 3.05) is 65.3 Å². The number of aliphatic hydroxyl groups is 2. The lowest BCUT2D eigenvalue weighted by molar-refractivity contribution is -0.201. The largest absolute Gasteiger partial charge is 0.387 e. The Balaban J connectivity index is 0.000000147. The summed E-state index contributed by atoms with van der Waals surface area (Å²) in [6.07, 6.45) is -0.562. The predicted molar refractivity (Wildman–Crippen MR) is 339 cm³/mol. The number of fused-ring (bicyclic) bond motifs is 5. The smallest absolute Gasteiger partial charge is 0.356 e. The molecule has 0 radical (unpaired) electrons. The fourth-order valence-electron chi connectivity index (χ4n) is 11.7. The maximum Gasteiger partial charge on any atom is 0.356 e. The molecular formula is C59H76ClN12O21P3. The third kappa shape index (κ3) is 16.1. The van der Waals surface area contributed by atoms with Crippen LogP contribution in [-0.2, 0) is 79.2 Å². The third-order valence-electron chi connectivity index (χ3n) is 15.4. The van der Waals surface area contributed by atoms with Gasteiger partial charge in [0.05, 0.1) is 65.2 Å². The minimum atomic E-state index is -4.34. The highest BCUT2D eigenvalue weighted by Gasteiger charge is 2.58. The zero-order valence-corrected chi connectivity index (χ0v) is 57.0. The Morgan fingerprint density at radius 3 is 1.26 bits per heavy atom. The van der Waals surface area contributed by atoms with Gasteiger partial charge in [0, 0.05) is 11.1 Å². The minimum absolute atomic E-state index is 0.115. The highest BCUT2D eigenvalue weighted by atomic mass is 35.5. The molecule has 2 aromatic carbocycles. The number of ether oxygens (including phenoxy) is 10. The highest BCUT2D eigenvalue weighted by Crippen LogP contribution is 2.51. The van der Waals surface area contributed by atoms with E-state index in [1.807, 2.05) is 92.9 Å². The Morgan fingerprint density at radius 2 is 0.833 bits per heavy atom. The van der Waals surface area contributed by atoms with Crippen LogP contribution in [0.3, 0.4) is 0 Å². The van der Waals surface area contributed by atoms with Gasteiger partial charge in [-0.1, -0.05) is 72.3 Å². The van der Waals surface area contributed by atoms with Gasteiger partial charge in [-0.25, -0.2) is 44.9 Å². The summed E-state index contributed by atoms with van der Waals surface area (Å²) >= 11 is 6.13. The second kappa shape index (κ2) is 30.4. The molecule has 13 rings (SSSR count). The van der Waals surface area contributed by atoms with Crippen LogP contribution in [0.15, 0.2) is 98.6 Å². The van der Waals surface area contributed by atoms with Gasteiger partial charge < -0.3 is 85.5 Å². The van der Waals surface area contributed by atoms with Gasteiger partial charge in [-0.15, -0.1) is 0 Å².